The quantitative estimate of drug-likeness (QED) is 0.300. The molecule has 0 radical (unpaired) electrons. The van der Waals surface area contributed by atoms with Crippen molar-refractivity contribution in [3.05, 3.63) is 104 Å². The molecular weight excluding hydrogens is 558 g/mol. The van der Waals surface area contributed by atoms with Crippen LogP contribution in [0.5, 0.6) is 11.5 Å². The smallest absolute Gasteiger partial charge is 0.187 e. The molecule has 174 valence electrons. The van der Waals surface area contributed by atoms with Gasteiger partial charge >= 0.3 is 0 Å². The summed E-state index contributed by atoms with van der Waals surface area (Å²) >= 11 is 7.06. The molecule has 1 heterocycles. The Hall–Kier alpha value is -2.67. The molecule has 4 rings (SSSR count). The molecule has 0 bridgehead atoms. The zero-order valence-electron chi connectivity index (χ0n) is 19.1. The number of Topliss-reactive ketones (excluding diaryl/α,β-unsaturated/α-hetero) is 1. The normalized spacial score (nSPS) is 16.8. The van der Waals surface area contributed by atoms with Crippen molar-refractivity contribution in [3.8, 4) is 11.5 Å². The Kier molecular flexibility index (Phi) is 8.03. The first-order valence-electron chi connectivity index (χ1n) is 10.9. The molecule has 0 saturated carbocycles. The van der Waals surface area contributed by atoms with Crippen LogP contribution in [0.3, 0.4) is 0 Å². The topological polar surface area (TPSA) is 38.8 Å². The maximum absolute atomic E-state index is 13.6. The number of ether oxygens (including phenoxy) is 2. The maximum atomic E-state index is 13.6. The fourth-order valence-electron chi connectivity index (χ4n) is 4.07. The van der Waals surface area contributed by atoms with Gasteiger partial charge in [0.05, 0.1) is 14.2 Å². The standard InChI is InChI=1S/C28H25Br2NO3/c1-33-26-10-8-24(29)14-20(26)12-22-17-31(16-19-6-4-3-5-7-19)18-23(28(22)32)13-21-15-25(30)9-11-27(21)34-2/h3-15H,16-18H2,1-2H3. The number of methoxy groups -OCH3 is 2. The van der Waals surface area contributed by atoms with Gasteiger partial charge in [-0.05, 0) is 54.1 Å². The second-order valence-corrected chi connectivity index (χ2v) is 9.90. The second kappa shape index (κ2) is 11.2. The van der Waals surface area contributed by atoms with Gasteiger partial charge < -0.3 is 9.47 Å². The van der Waals surface area contributed by atoms with Crippen LogP contribution in [-0.4, -0.2) is 38.0 Å². The second-order valence-electron chi connectivity index (χ2n) is 8.07. The van der Waals surface area contributed by atoms with Crippen LogP contribution in [0.1, 0.15) is 16.7 Å². The fourth-order valence-corrected chi connectivity index (χ4v) is 4.83. The lowest BCUT2D eigenvalue weighted by Crippen LogP contribution is -2.37. The Balaban J connectivity index is 1.76. The van der Waals surface area contributed by atoms with Crippen LogP contribution < -0.4 is 9.47 Å². The number of likely N-dealkylation sites (tertiary alicyclic amines) is 1. The van der Waals surface area contributed by atoms with Crippen LogP contribution in [0.15, 0.2) is 86.8 Å². The van der Waals surface area contributed by atoms with Gasteiger partial charge in [0.15, 0.2) is 5.78 Å². The molecule has 0 spiro atoms. The predicted octanol–water partition coefficient (Wildman–Crippen LogP) is 6.78. The van der Waals surface area contributed by atoms with Crippen LogP contribution >= 0.6 is 31.9 Å². The minimum Gasteiger partial charge on any atom is -0.496 e. The molecule has 3 aromatic rings. The van der Waals surface area contributed by atoms with E-state index in [9.17, 15) is 4.79 Å². The first kappa shape index (κ1) is 24.5. The van der Waals surface area contributed by atoms with Crippen molar-refractivity contribution in [1.29, 1.82) is 0 Å². The molecule has 0 atom stereocenters. The number of ketones is 1. The van der Waals surface area contributed by atoms with Crippen LogP contribution in [0.25, 0.3) is 12.2 Å². The van der Waals surface area contributed by atoms with Gasteiger partial charge in [0.25, 0.3) is 0 Å². The molecule has 0 amide bonds. The summed E-state index contributed by atoms with van der Waals surface area (Å²) < 4.78 is 12.9. The summed E-state index contributed by atoms with van der Waals surface area (Å²) in [5.74, 6) is 1.49. The lowest BCUT2D eigenvalue weighted by atomic mass is 9.93. The van der Waals surface area contributed by atoms with Crippen molar-refractivity contribution < 1.29 is 14.3 Å². The number of piperidine rings is 1. The molecule has 1 saturated heterocycles. The average Bonchev–Trinajstić information content (AvgIpc) is 2.83. The first-order chi connectivity index (χ1) is 16.5. The number of carbonyl (C=O) groups excluding carboxylic acids is 1. The van der Waals surface area contributed by atoms with E-state index in [1.807, 2.05) is 66.7 Å². The van der Waals surface area contributed by atoms with Crippen molar-refractivity contribution in [3.63, 3.8) is 0 Å². The minimum atomic E-state index is 0.0355. The highest BCUT2D eigenvalue weighted by Gasteiger charge is 2.27. The predicted molar refractivity (Wildman–Crippen MR) is 144 cm³/mol. The highest BCUT2D eigenvalue weighted by molar-refractivity contribution is 9.10. The van der Waals surface area contributed by atoms with Gasteiger partial charge in [0, 0.05) is 50.9 Å². The average molecular weight is 583 g/mol. The van der Waals surface area contributed by atoms with E-state index in [2.05, 4.69) is 48.9 Å². The van der Waals surface area contributed by atoms with Crippen molar-refractivity contribution >= 4 is 49.8 Å². The number of benzene rings is 3. The van der Waals surface area contributed by atoms with Crippen molar-refractivity contribution in [2.24, 2.45) is 0 Å². The molecule has 34 heavy (non-hydrogen) atoms. The van der Waals surface area contributed by atoms with Crippen molar-refractivity contribution in [2.75, 3.05) is 27.3 Å². The number of hydrogen-bond acceptors (Lipinski definition) is 4. The van der Waals surface area contributed by atoms with Gasteiger partial charge in [-0.15, -0.1) is 0 Å². The number of halogens is 2. The van der Waals surface area contributed by atoms with E-state index in [0.717, 1.165) is 49.3 Å². The van der Waals surface area contributed by atoms with Crippen LogP contribution in [0.4, 0.5) is 0 Å². The third kappa shape index (κ3) is 5.87. The third-order valence-electron chi connectivity index (χ3n) is 5.66. The monoisotopic (exact) mass is 581 g/mol. The van der Waals surface area contributed by atoms with Crippen LogP contribution in [-0.2, 0) is 11.3 Å². The number of hydrogen-bond donors (Lipinski definition) is 0. The van der Waals surface area contributed by atoms with Gasteiger partial charge in [-0.3, -0.25) is 9.69 Å². The van der Waals surface area contributed by atoms with E-state index in [1.54, 1.807) is 14.2 Å². The number of rotatable bonds is 6. The molecule has 0 unspecified atom stereocenters. The lowest BCUT2D eigenvalue weighted by molar-refractivity contribution is -0.113. The zero-order valence-corrected chi connectivity index (χ0v) is 22.2. The Morgan fingerprint density at radius 2 is 1.29 bits per heavy atom. The highest BCUT2D eigenvalue weighted by atomic mass is 79.9. The molecule has 1 aliphatic rings. The number of carbonyl (C=O) groups is 1. The summed E-state index contributed by atoms with van der Waals surface area (Å²) in [5.41, 5.74) is 4.37. The van der Waals surface area contributed by atoms with Crippen LogP contribution in [0.2, 0.25) is 0 Å². The van der Waals surface area contributed by atoms with Gasteiger partial charge in [-0.2, -0.15) is 0 Å². The SMILES string of the molecule is COc1ccc(Br)cc1C=C1CN(Cc2ccccc2)CC(=Cc2cc(Br)ccc2OC)C1=O. The maximum Gasteiger partial charge on any atom is 0.187 e. The van der Waals surface area contributed by atoms with E-state index in [0.29, 0.717) is 13.1 Å². The molecule has 0 aromatic heterocycles. The minimum absolute atomic E-state index is 0.0355. The lowest BCUT2D eigenvalue weighted by Gasteiger charge is -2.30. The summed E-state index contributed by atoms with van der Waals surface area (Å²) in [6, 6.07) is 21.9. The molecule has 6 heteroatoms. The highest BCUT2D eigenvalue weighted by Crippen LogP contribution is 2.31. The molecule has 4 nitrogen and oxygen atoms in total. The van der Waals surface area contributed by atoms with E-state index in [-0.39, 0.29) is 5.78 Å². The molecule has 3 aromatic carbocycles. The molecule has 0 aliphatic carbocycles. The summed E-state index contributed by atoms with van der Waals surface area (Å²) in [6.07, 6.45) is 3.88. The van der Waals surface area contributed by atoms with Crippen LogP contribution in [0, 0.1) is 0 Å². The van der Waals surface area contributed by atoms with Crippen molar-refractivity contribution in [2.45, 2.75) is 6.54 Å². The Morgan fingerprint density at radius 3 is 1.76 bits per heavy atom. The molecule has 1 fully saturated rings. The zero-order chi connectivity index (χ0) is 24.1. The van der Waals surface area contributed by atoms with E-state index in [1.165, 1.54) is 5.56 Å². The van der Waals surface area contributed by atoms with E-state index < -0.39 is 0 Å². The summed E-state index contributed by atoms with van der Waals surface area (Å²) in [6.45, 7) is 1.85. The van der Waals surface area contributed by atoms with Crippen molar-refractivity contribution in [1.82, 2.24) is 4.90 Å². The van der Waals surface area contributed by atoms with Gasteiger partial charge in [0.2, 0.25) is 0 Å². The Labute approximate surface area is 217 Å². The molecule has 0 N–H and O–H groups in total. The van der Waals surface area contributed by atoms with Gasteiger partial charge in [-0.25, -0.2) is 0 Å². The Bertz CT molecular complexity index is 1180. The Morgan fingerprint density at radius 1 is 0.794 bits per heavy atom. The summed E-state index contributed by atoms with van der Waals surface area (Å²) in [4.78, 5) is 15.9. The fraction of sp³-hybridized carbons (Fsp3) is 0.179. The molecular formula is C28H25Br2NO3. The molecule has 1 aliphatic heterocycles. The van der Waals surface area contributed by atoms with Gasteiger partial charge in [0.1, 0.15) is 11.5 Å². The third-order valence-corrected chi connectivity index (χ3v) is 6.65. The summed E-state index contributed by atoms with van der Waals surface area (Å²) in [7, 11) is 3.28. The summed E-state index contributed by atoms with van der Waals surface area (Å²) in [5, 5.41) is 0. The van der Waals surface area contributed by atoms with E-state index in [4.69, 9.17) is 9.47 Å². The van der Waals surface area contributed by atoms with E-state index >= 15 is 0 Å². The number of nitrogens with zero attached hydrogens (tertiary/aromatic N) is 1. The van der Waals surface area contributed by atoms with Gasteiger partial charge in [-0.1, -0.05) is 62.2 Å². The first-order valence-corrected chi connectivity index (χ1v) is 12.4. The largest absolute Gasteiger partial charge is 0.496 e.